The van der Waals surface area contributed by atoms with Crippen LogP contribution in [0.15, 0.2) is 31.0 Å². The second kappa shape index (κ2) is 4.92. The van der Waals surface area contributed by atoms with Crippen LogP contribution >= 0.6 is 0 Å². The van der Waals surface area contributed by atoms with Crippen LogP contribution in [0.25, 0.3) is 11.0 Å². The summed E-state index contributed by atoms with van der Waals surface area (Å²) in [5, 5.41) is 12.8. The molecular weight excluding hydrogens is 254 g/mol. The van der Waals surface area contributed by atoms with E-state index in [1.54, 1.807) is 23.4 Å². The van der Waals surface area contributed by atoms with E-state index in [1.807, 2.05) is 24.0 Å². The van der Waals surface area contributed by atoms with E-state index in [4.69, 9.17) is 0 Å². The van der Waals surface area contributed by atoms with Crippen LogP contribution in [-0.2, 0) is 7.05 Å². The molecule has 104 valence electrons. The zero-order valence-corrected chi connectivity index (χ0v) is 11.7. The Bertz CT molecular complexity index is 701. The summed E-state index contributed by atoms with van der Waals surface area (Å²) in [5.74, 6) is 0.801. The second-order valence-electron chi connectivity index (χ2n) is 4.89. The Morgan fingerprint density at radius 2 is 2.05 bits per heavy atom. The topological polar surface area (TPSA) is 73.5 Å². The maximum Gasteiger partial charge on any atom is 0.163 e. The second-order valence-corrected chi connectivity index (χ2v) is 4.89. The first-order valence-electron chi connectivity index (χ1n) is 6.55. The molecule has 1 N–H and O–H groups in total. The molecule has 3 rings (SSSR count). The van der Waals surface area contributed by atoms with E-state index in [0.29, 0.717) is 0 Å². The van der Waals surface area contributed by atoms with Crippen LogP contribution in [0.3, 0.4) is 0 Å². The van der Waals surface area contributed by atoms with E-state index in [-0.39, 0.29) is 12.1 Å². The van der Waals surface area contributed by atoms with Crippen molar-refractivity contribution >= 4 is 16.9 Å². The van der Waals surface area contributed by atoms with Gasteiger partial charge >= 0.3 is 0 Å². The first kappa shape index (κ1) is 12.6. The third-order valence-corrected chi connectivity index (χ3v) is 3.56. The van der Waals surface area contributed by atoms with Crippen molar-refractivity contribution in [3.05, 3.63) is 31.0 Å². The highest BCUT2D eigenvalue weighted by molar-refractivity contribution is 5.86. The van der Waals surface area contributed by atoms with Crippen molar-refractivity contribution < 1.29 is 0 Å². The third-order valence-electron chi connectivity index (χ3n) is 3.56. The Morgan fingerprint density at radius 3 is 2.80 bits per heavy atom. The minimum absolute atomic E-state index is 0.174. The van der Waals surface area contributed by atoms with Crippen LogP contribution in [0.2, 0.25) is 0 Å². The van der Waals surface area contributed by atoms with E-state index in [2.05, 4.69) is 39.3 Å². The molecule has 0 aliphatic heterocycles. The number of hydrogen-bond acceptors (Lipinski definition) is 5. The molecule has 3 aromatic rings. The molecule has 7 nitrogen and oxygen atoms in total. The molecule has 0 unspecified atom stereocenters. The Hall–Kier alpha value is -2.44. The number of hydrogen-bond donors (Lipinski definition) is 1. The highest BCUT2D eigenvalue weighted by atomic mass is 15.3. The molecule has 0 amide bonds. The van der Waals surface area contributed by atoms with E-state index >= 15 is 0 Å². The molecule has 0 bridgehead atoms. The molecule has 0 aliphatic rings. The molecule has 3 heterocycles. The van der Waals surface area contributed by atoms with Crippen LogP contribution in [0, 0.1) is 0 Å². The molecule has 0 radical (unpaired) electrons. The minimum atomic E-state index is 0.174. The normalized spacial score (nSPS) is 14.3. The average Bonchev–Trinajstić information content (AvgIpc) is 3.09. The summed E-state index contributed by atoms with van der Waals surface area (Å²) in [4.78, 5) is 8.55. The van der Waals surface area contributed by atoms with Crippen molar-refractivity contribution in [3.63, 3.8) is 0 Å². The van der Waals surface area contributed by atoms with Crippen molar-refractivity contribution in [1.29, 1.82) is 0 Å². The molecule has 0 aliphatic carbocycles. The van der Waals surface area contributed by atoms with Crippen molar-refractivity contribution in [2.24, 2.45) is 7.05 Å². The lowest BCUT2D eigenvalue weighted by Gasteiger charge is -2.22. The zero-order chi connectivity index (χ0) is 14.1. The SMILES string of the molecule is C[C@H](Nc1ncnc2c1cnn2C)[C@@H](C)n1cccn1. The van der Waals surface area contributed by atoms with Gasteiger partial charge in [-0.25, -0.2) is 9.97 Å². The van der Waals surface area contributed by atoms with E-state index < -0.39 is 0 Å². The summed E-state index contributed by atoms with van der Waals surface area (Å²) in [5.41, 5.74) is 0.821. The Labute approximate surface area is 116 Å². The van der Waals surface area contributed by atoms with Gasteiger partial charge in [0.15, 0.2) is 5.65 Å². The maximum absolute atomic E-state index is 4.32. The summed E-state index contributed by atoms with van der Waals surface area (Å²) >= 11 is 0. The van der Waals surface area contributed by atoms with Gasteiger partial charge in [0.1, 0.15) is 12.1 Å². The van der Waals surface area contributed by atoms with Gasteiger partial charge in [-0.1, -0.05) is 0 Å². The van der Waals surface area contributed by atoms with Crippen molar-refractivity contribution in [2.75, 3.05) is 5.32 Å². The predicted octanol–water partition coefficient (Wildman–Crippen LogP) is 1.62. The summed E-state index contributed by atoms with van der Waals surface area (Å²) in [6, 6.07) is 2.31. The van der Waals surface area contributed by atoms with E-state index in [9.17, 15) is 0 Å². The van der Waals surface area contributed by atoms with Crippen LogP contribution in [0.1, 0.15) is 19.9 Å². The van der Waals surface area contributed by atoms with Gasteiger partial charge in [-0.2, -0.15) is 10.2 Å². The highest BCUT2D eigenvalue weighted by Gasteiger charge is 2.16. The molecular formula is C13H17N7. The Morgan fingerprint density at radius 1 is 1.20 bits per heavy atom. The van der Waals surface area contributed by atoms with E-state index in [0.717, 1.165) is 16.9 Å². The van der Waals surface area contributed by atoms with Gasteiger partial charge in [-0.15, -0.1) is 0 Å². The van der Waals surface area contributed by atoms with Crippen molar-refractivity contribution in [1.82, 2.24) is 29.5 Å². The summed E-state index contributed by atoms with van der Waals surface area (Å²) in [7, 11) is 1.87. The minimum Gasteiger partial charge on any atom is -0.365 e. The third kappa shape index (κ3) is 2.11. The lowest BCUT2D eigenvalue weighted by Crippen LogP contribution is -2.27. The molecule has 0 aromatic carbocycles. The Kier molecular flexibility index (Phi) is 3.09. The van der Waals surface area contributed by atoms with Gasteiger partial charge in [-0.05, 0) is 19.9 Å². The monoisotopic (exact) mass is 271 g/mol. The fraction of sp³-hybridized carbons (Fsp3) is 0.385. The number of aromatic nitrogens is 6. The maximum atomic E-state index is 4.32. The quantitative estimate of drug-likeness (QED) is 0.780. The molecule has 7 heteroatoms. The van der Waals surface area contributed by atoms with Gasteiger partial charge in [0, 0.05) is 25.5 Å². The number of rotatable bonds is 4. The molecule has 20 heavy (non-hydrogen) atoms. The van der Waals surface area contributed by atoms with Gasteiger partial charge < -0.3 is 5.32 Å². The molecule has 2 atom stereocenters. The summed E-state index contributed by atoms with van der Waals surface area (Å²) in [6.45, 7) is 4.23. The van der Waals surface area contributed by atoms with Crippen LogP contribution in [0.5, 0.6) is 0 Å². The molecule has 3 aromatic heterocycles. The van der Waals surface area contributed by atoms with Crippen LogP contribution in [0.4, 0.5) is 5.82 Å². The largest absolute Gasteiger partial charge is 0.365 e. The summed E-state index contributed by atoms with van der Waals surface area (Å²) in [6.07, 6.45) is 7.08. The van der Waals surface area contributed by atoms with Gasteiger partial charge in [0.2, 0.25) is 0 Å². The van der Waals surface area contributed by atoms with Crippen molar-refractivity contribution in [2.45, 2.75) is 25.9 Å². The smallest absolute Gasteiger partial charge is 0.163 e. The number of anilines is 1. The molecule has 0 saturated heterocycles. The first-order chi connectivity index (χ1) is 9.66. The molecule has 0 spiro atoms. The fourth-order valence-electron chi connectivity index (χ4n) is 2.16. The van der Waals surface area contributed by atoms with Crippen LogP contribution in [-0.4, -0.2) is 35.6 Å². The molecule has 0 saturated carbocycles. The average molecular weight is 271 g/mol. The number of fused-ring (bicyclic) bond motifs is 1. The lowest BCUT2D eigenvalue weighted by atomic mass is 10.1. The number of nitrogens with one attached hydrogen (secondary N) is 1. The predicted molar refractivity (Wildman–Crippen MR) is 76.3 cm³/mol. The standard InChI is InChI=1S/C13H17N7/c1-9(10(2)20-6-4-5-16-20)18-12-11-7-17-19(3)13(11)15-8-14-12/h4-10H,1-3H3,(H,14,15,18)/t9-,10+/m0/s1. The van der Waals surface area contributed by atoms with Crippen molar-refractivity contribution in [3.8, 4) is 0 Å². The number of nitrogens with zero attached hydrogens (tertiary/aromatic N) is 6. The van der Waals surface area contributed by atoms with Crippen LogP contribution < -0.4 is 5.32 Å². The Balaban J connectivity index is 1.86. The highest BCUT2D eigenvalue weighted by Crippen LogP contribution is 2.21. The number of aryl methyl sites for hydroxylation is 1. The van der Waals surface area contributed by atoms with Gasteiger partial charge in [0.25, 0.3) is 0 Å². The molecule has 0 fully saturated rings. The first-order valence-corrected chi connectivity index (χ1v) is 6.55. The van der Waals surface area contributed by atoms with Gasteiger partial charge in [0.05, 0.1) is 17.6 Å². The fourth-order valence-corrected chi connectivity index (χ4v) is 2.16. The lowest BCUT2D eigenvalue weighted by molar-refractivity contribution is 0.443. The van der Waals surface area contributed by atoms with E-state index in [1.165, 1.54) is 0 Å². The zero-order valence-electron chi connectivity index (χ0n) is 11.7. The van der Waals surface area contributed by atoms with Gasteiger partial charge in [-0.3, -0.25) is 9.36 Å². The summed E-state index contributed by atoms with van der Waals surface area (Å²) < 4.78 is 3.67.